The fourth-order valence-corrected chi connectivity index (χ4v) is 11.0. The van der Waals surface area contributed by atoms with Crippen LogP contribution in [0.15, 0.2) is 85.5 Å². The van der Waals surface area contributed by atoms with Crippen LogP contribution in [0.25, 0.3) is 11.2 Å². The summed E-state index contributed by atoms with van der Waals surface area (Å²) >= 11 is 0. The lowest BCUT2D eigenvalue weighted by atomic mass is 9.64. The van der Waals surface area contributed by atoms with Gasteiger partial charge in [0.25, 0.3) is 17.7 Å². The molecule has 344 valence electrons. The molecule has 2 aliphatic carbocycles. The molecular formula is C49H51N11O7. The highest BCUT2D eigenvalue weighted by molar-refractivity contribution is 6.24. The predicted molar refractivity (Wildman–Crippen MR) is 244 cm³/mol. The standard InChI is InChI=1S/C49H51N11O7/c61-39-14-13-37(46(64)55-39)60-47(65)36-7-4-8-38(42(36)48(60)66)67-26-41(63)58-16-15-49(27-58)24-35(25-49)57-19-17-56(18-20-57)33-11-9-31(10-12-33)54-44-43-45(51-28-50-44)59(29-52-43)34-22-32(23-34)53-40(62)21-30-5-2-1-3-6-30/h1-12,28-29,32,34-35,37H,13-27H2,(H,53,62)(H,50,51,54)(H,55,61,64)/t32?,34?,35?,37-,49?/m0/s1. The van der Waals surface area contributed by atoms with Gasteiger partial charge in [0.2, 0.25) is 17.7 Å². The van der Waals surface area contributed by atoms with Crippen LogP contribution < -0.4 is 25.6 Å². The normalized spacial score (nSPS) is 24.9. The molecule has 18 heteroatoms. The molecule has 67 heavy (non-hydrogen) atoms. The molecule has 3 saturated heterocycles. The third-order valence-corrected chi connectivity index (χ3v) is 14.7. The summed E-state index contributed by atoms with van der Waals surface area (Å²) in [6.45, 7) is 4.80. The summed E-state index contributed by atoms with van der Waals surface area (Å²) in [4.78, 5) is 98.4. The van der Waals surface area contributed by atoms with E-state index >= 15 is 0 Å². The van der Waals surface area contributed by atoms with E-state index in [9.17, 15) is 28.8 Å². The van der Waals surface area contributed by atoms with Gasteiger partial charge in [-0.3, -0.25) is 43.9 Å². The quantitative estimate of drug-likeness (QED) is 0.153. The molecule has 4 aliphatic heterocycles. The molecule has 18 nitrogen and oxygen atoms in total. The molecular weight excluding hydrogens is 855 g/mol. The van der Waals surface area contributed by atoms with Crippen LogP contribution in [0.3, 0.4) is 0 Å². The highest BCUT2D eigenvalue weighted by Gasteiger charge is 2.51. The number of anilines is 3. The number of amides is 6. The molecule has 6 heterocycles. The highest BCUT2D eigenvalue weighted by atomic mass is 16.5. The Morgan fingerprint density at radius 3 is 2.40 bits per heavy atom. The van der Waals surface area contributed by atoms with Gasteiger partial charge in [0, 0.05) is 75.2 Å². The predicted octanol–water partition coefficient (Wildman–Crippen LogP) is 3.62. The SMILES string of the molecule is O=C1CC[C@H](N2C(=O)c3cccc(OCC(=O)N4CCC5(CC(N6CCN(c7ccc(Nc8ncnc9c8ncn9C8CC(NC(=O)Cc9ccccc9)C8)cc7)CC6)C5)C4)c3C2=O)C(=O)N1. The maximum absolute atomic E-state index is 13.5. The van der Waals surface area contributed by atoms with E-state index in [1.807, 2.05) is 41.6 Å². The molecule has 0 radical (unpaired) electrons. The second kappa shape index (κ2) is 17.2. The minimum absolute atomic E-state index is 0.0288. The molecule has 3 N–H and O–H groups in total. The Bertz CT molecular complexity index is 2780. The summed E-state index contributed by atoms with van der Waals surface area (Å²) in [6, 6.07) is 22.6. The van der Waals surface area contributed by atoms with Crippen molar-refractivity contribution in [1.82, 2.24) is 44.9 Å². The Labute approximate surface area is 386 Å². The minimum atomic E-state index is -1.08. The summed E-state index contributed by atoms with van der Waals surface area (Å²) in [6.07, 6.45) is 8.51. The van der Waals surface area contributed by atoms with Crippen molar-refractivity contribution in [2.75, 3.05) is 56.1 Å². The third kappa shape index (κ3) is 8.12. The van der Waals surface area contributed by atoms with Gasteiger partial charge in [0.05, 0.1) is 23.9 Å². The van der Waals surface area contributed by atoms with Crippen molar-refractivity contribution in [1.29, 1.82) is 0 Å². The number of fused-ring (bicyclic) bond motifs is 2. The number of hydrogen-bond acceptors (Lipinski definition) is 13. The maximum Gasteiger partial charge on any atom is 0.266 e. The largest absolute Gasteiger partial charge is 0.483 e. The van der Waals surface area contributed by atoms with Gasteiger partial charge in [-0.2, -0.15) is 0 Å². The van der Waals surface area contributed by atoms with Gasteiger partial charge in [0.1, 0.15) is 18.1 Å². The van der Waals surface area contributed by atoms with Crippen LogP contribution in [-0.2, 0) is 25.6 Å². The number of ether oxygens (including phenoxy) is 1. The molecule has 0 unspecified atom stereocenters. The third-order valence-electron chi connectivity index (χ3n) is 14.7. The summed E-state index contributed by atoms with van der Waals surface area (Å²) in [7, 11) is 0. The second-order valence-corrected chi connectivity index (χ2v) is 18.8. The van der Waals surface area contributed by atoms with Crippen LogP contribution in [0.2, 0.25) is 0 Å². The van der Waals surface area contributed by atoms with Gasteiger partial charge < -0.3 is 29.7 Å². The van der Waals surface area contributed by atoms with Crippen molar-refractivity contribution in [2.24, 2.45) is 5.41 Å². The first-order valence-corrected chi connectivity index (χ1v) is 23.2. The van der Waals surface area contributed by atoms with Crippen molar-refractivity contribution in [3.05, 3.63) is 102 Å². The molecule has 0 bridgehead atoms. The number of piperidine rings is 1. The summed E-state index contributed by atoms with van der Waals surface area (Å²) in [5.41, 5.74) is 4.78. The van der Waals surface area contributed by atoms with Crippen molar-refractivity contribution in [3.63, 3.8) is 0 Å². The molecule has 2 saturated carbocycles. The second-order valence-electron chi connectivity index (χ2n) is 18.8. The molecule has 2 aromatic heterocycles. The zero-order valence-corrected chi connectivity index (χ0v) is 36.9. The van der Waals surface area contributed by atoms with E-state index in [1.54, 1.807) is 18.5 Å². The first kappa shape index (κ1) is 42.4. The summed E-state index contributed by atoms with van der Waals surface area (Å²) in [5.74, 6) is -1.77. The number of likely N-dealkylation sites (tertiary alicyclic amines) is 1. The van der Waals surface area contributed by atoms with Crippen LogP contribution in [0.5, 0.6) is 5.75 Å². The lowest BCUT2D eigenvalue weighted by Crippen LogP contribution is -2.57. The van der Waals surface area contributed by atoms with Crippen molar-refractivity contribution in [3.8, 4) is 5.75 Å². The zero-order valence-electron chi connectivity index (χ0n) is 36.9. The number of imide groups is 2. The Balaban J connectivity index is 0.625. The van der Waals surface area contributed by atoms with E-state index in [0.717, 1.165) is 85.8 Å². The number of rotatable bonds is 12. The monoisotopic (exact) mass is 905 g/mol. The van der Waals surface area contributed by atoms with Crippen LogP contribution in [-0.4, -0.2) is 134 Å². The topological polar surface area (TPSA) is 204 Å². The number of carbonyl (C=O) groups is 6. The molecule has 5 fully saturated rings. The van der Waals surface area contributed by atoms with E-state index in [2.05, 4.69) is 69.5 Å². The average molecular weight is 906 g/mol. The van der Waals surface area contributed by atoms with Crippen LogP contribution >= 0.6 is 0 Å². The zero-order chi connectivity index (χ0) is 45.8. The number of benzene rings is 3. The van der Waals surface area contributed by atoms with Gasteiger partial charge >= 0.3 is 0 Å². The number of hydrogen-bond donors (Lipinski definition) is 3. The fraction of sp³-hybridized carbons (Fsp3) is 0.408. The fourth-order valence-electron chi connectivity index (χ4n) is 11.0. The Hall–Kier alpha value is -7.21. The number of aromatic nitrogens is 4. The number of imidazole rings is 1. The summed E-state index contributed by atoms with van der Waals surface area (Å²) in [5, 5.41) is 8.82. The van der Waals surface area contributed by atoms with Gasteiger partial charge in [-0.1, -0.05) is 36.4 Å². The molecule has 6 amide bonds. The first-order chi connectivity index (χ1) is 32.6. The first-order valence-electron chi connectivity index (χ1n) is 23.2. The number of nitrogens with zero attached hydrogens (tertiary/aromatic N) is 8. The van der Waals surface area contributed by atoms with Gasteiger partial charge in [0.15, 0.2) is 23.6 Å². The van der Waals surface area contributed by atoms with Gasteiger partial charge in [-0.25, -0.2) is 15.0 Å². The Morgan fingerprint density at radius 1 is 0.836 bits per heavy atom. The van der Waals surface area contributed by atoms with E-state index in [4.69, 9.17) is 4.74 Å². The van der Waals surface area contributed by atoms with E-state index < -0.39 is 29.7 Å². The number of carbonyl (C=O) groups excluding carboxylic acids is 6. The molecule has 3 aromatic carbocycles. The molecule has 1 atom stereocenters. The Kier molecular flexibility index (Phi) is 10.9. The molecule has 11 rings (SSSR count). The summed E-state index contributed by atoms with van der Waals surface area (Å²) < 4.78 is 8.00. The lowest BCUT2D eigenvalue weighted by molar-refractivity contribution is -0.136. The highest BCUT2D eigenvalue weighted by Crippen LogP contribution is 2.50. The van der Waals surface area contributed by atoms with E-state index in [0.29, 0.717) is 36.9 Å². The molecule has 1 spiro atoms. The van der Waals surface area contributed by atoms with Crippen LogP contribution in [0, 0.1) is 5.41 Å². The number of nitrogens with one attached hydrogen (secondary N) is 3. The van der Waals surface area contributed by atoms with E-state index in [1.165, 1.54) is 6.07 Å². The van der Waals surface area contributed by atoms with Gasteiger partial charge in [-0.05, 0) is 85.9 Å². The van der Waals surface area contributed by atoms with Crippen molar-refractivity contribution in [2.45, 2.75) is 75.5 Å². The van der Waals surface area contributed by atoms with E-state index in [-0.39, 0.29) is 65.6 Å². The number of piperazine rings is 1. The molecule has 6 aliphatic rings. The Morgan fingerprint density at radius 2 is 1.63 bits per heavy atom. The lowest BCUT2D eigenvalue weighted by Gasteiger charge is -2.52. The maximum atomic E-state index is 13.5. The van der Waals surface area contributed by atoms with Crippen molar-refractivity contribution >= 4 is 63.8 Å². The van der Waals surface area contributed by atoms with Crippen molar-refractivity contribution < 1.29 is 33.5 Å². The van der Waals surface area contributed by atoms with Crippen LogP contribution in [0.1, 0.15) is 77.3 Å². The smallest absolute Gasteiger partial charge is 0.266 e. The van der Waals surface area contributed by atoms with Gasteiger partial charge in [-0.15, -0.1) is 0 Å². The molecule has 5 aromatic rings. The minimum Gasteiger partial charge on any atom is -0.483 e. The average Bonchev–Trinajstić information content (AvgIpc) is 4.02. The van der Waals surface area contributed by atoms with Crippen LogP contribution in [0.4, 0.5) is 17.2 Å².